The first kappa shape index (κ1) is 9.90. The summed E-state index contributed by atoms with van der Waals surface area (Å²) in [6, 6.07) is 0. The third-order valence-electron chi connectivity index (χ3n) is 1.14. The third kappa shape index (κ3) is 3.57. The lowest BCUT2D eigenvalue weighted by Gasteiger charge is -2.11. The quantitative estimate of drug-likeness (QED) is 0.521. The van der Waals surface area contributed by atoms with Crippen LogP contribution in [0.15, 0.2) is 0 Å². The number of amides is 1. The second-order valence-corrected chi connectivity index (χ2v) is 1.77. The number of hydrogen-bond acceptors (Lipinski definition) is 4. The summed E-state index contributed by atoms with van der Waals surface area (Å²) >= 11 is 0. The van der Waals surface area contributed by atoms with Crippen LogP contribution in [-0.4, -0.2) is 39.2 Å². The van der Waals surface area contributed by atoms with Gasteiger partial charge >= 0.3 is 0 Å². The minimum absolute atomic E-state index is 0.0559. The zero-order valence-electron chi connectivity index (χ0n) is 6.49. The topological polar surface area (TPSA) is 64.6 Å². The van der Waals surface area contributed by atoms with E-state index in [1.807, 2.05) is 0 Å². The lowest BCUT2D eigenvalue weighted by molar-refractivity contribution is -0.140. The van der Waals surface area contributed by atoms with Gasteiger partial charge in [-0.15, -0.1) is 0 Å². The highest BCUT2D eigenvalue weighted by Gasteiger charge is 2.15. The fraction of sp³-hybridized carbons (Fsp3) is 0.667. The third-order valence-corrected chi connectivity index (χ3v) is 1.14. The number of rotatable bonds is 5. The van der Waals surface area contributed by atoms with Crippen molar-refractivity contribution < 1.29 is 19.1 Å². The van der Waals surface area contributed by atoms with Gasteiger partial charge in [0.2, 0.25) is 0 Å². The van der Waals surface area contributed by atoms with Gasteiger partial charge in [-0.05, 0) is 0 Å². The Hall–Kier alpha value is -1.10. The highest BCUT2D eigenvalue weighted by atomic mass is 16.6. The highest BCUT2D eigenvalue weighted by molar-refractivity contribution is 5.80. The van der Waals surface area contributed by atoms with Gasteiger partial charge in [0.1, 0.15) is 6.61 Å². The Bertz CT molecular complexity index is 137. The summed E-state index contributed by atoms with van der Waals surface area (Å²) in [4.78, 5) is 20.5. The molecule has 0 aromatic carbocycles. The first-order valence-corrected chi connectivity index (χ1v) is 3.06. The molecule has 0 rings (SSSR count). The Balaban J connectivity index is 3.74. The molecule has 0 aliphatic heterocycles. The van der Waals surface area contributed by atoms with Gasteiger partial charge in [-0.1, -0.05) is 0 Å². The maximum atomic E-state index is 10.8. The van der Waals surface area contributed by atoms with Crippen LogP contribution in [0.3, 0.4) is 0 Å². The number of likely N-dealkylation sites (N-methyl/N-ethyl adjacent to an activating group) is 1. The van der Waals surface area contributed by atoms with Gasteiger partial charge in [-0.3, -0.25) is 9.59 Å². The molecule has 5 heteroatoms. The monoisotopic (exact) mass is 161 g/mol. The van der Waals surface area contributed by atoms with Gasteiger partial charge in [0.05, 0.1) is 0 Å². The second kappa shape index (κ2) is 5.67. The van der Waals surface area contributed by atoms with E-state index >= 15 is 0 Å². The zero-order chi connectivity index (χ0) is 8.69. The average Bonchev–Trinajstić information content (AvgIpc) is 2.05. The van der Waals surface area contributed by atoms with Gasteiger partial charge in [0, 0.05) is 14.2 Å². The van der Waals surface area contributed by atoms with E-state index in [0.717, 1.165) is 0 Å². The fourth-order valence-electron chi connectivity index (χ4n) is 0.538. The Kier molecular flexibility index (Phi) is 5.10. The normalized spacial score (nSPS) is 11.8. The van der Waals surface area contributed by atoms with E-state index < -0.39 is 6.10 Å². The van der Waals surface area contributed by atoms with E-state index in [1.54, 1.807) is 0 Å². The SMILES string of the molecule is CNC(=O)C(COC=O)OC. The summed E-state index contributed by atoms with van der Waals surface area (Å²) in [5.41, 5.74) is 0. The van der Waals surface area contributed by atoms with Gasteiger partial charge in [-0.2, -0.15) is 0 Å². The van der Waals surface area contributed by atoms with E-state index in [-0.39, 0.29) is 19.0 Å². The fourth-order valence-corrected chi connectivity index (χ4v) is 0.538. The molecule has 0 fully saturated rings. The molecule has 0 bridgehead atoms. The molecule has 0 aromatic heterocycles. The molecule has 1 atom stereocenters. The second-order valence-electron chi connectivity index (χ2n) is 1.77. The number of carbonyl (C=O) groups excluding carboxylic acids is 2. The molecule has 0 radical (unpaired) electrons. The number of hydrogen-bond donors (Lipinski definition) is 1. The minimum Gasteiger partial charge on any atom is -0.465 e. The molecule has 11 heavy (non-hydrogen) atoms. The average molecular weight is 161 g/mol. The van der Waals surface area contributed by atoms with Crippen LogP contribution in [0.1, 0.15) is 0 Å². The van der Waals surface area contributed by atoms with Crippen LogP contribution >= 0.6 is 0 Å². The van der Waals surface area contributed by atoms with Crippen molar-refractivity contribution in [1.82, 2.24) is 5.32 Å². The lowest BCUT2D eigenvalue weighted by atomic mass is 10.3. The minimum atomic E-state index is -0.717. The first-order chi connectivity index (χ1) is 5.26. The van der Waals surface area contributed by atoms with Crippen LogP contribution in [0.25, 0.3) is 0 Å². The molecule has 1 N–H and O–H groups in total. The van der Waals surface area contributed by atoms with Crippen molar-refractivity contribution in [3.05, 3.63) is 0 Å². The number of carbonyl (C=O) groups is 2. The summed E-state index contributed by atoms with van der Waals surface area (Å²) in [5.74, 6) is -0.311. The number of nitrogens with one attached hydrogen (secondary N) is 1. The molecular formula is C6H11NO4. The van der Waals surface area contributed by atoms with E-state index in [2.05, 4.69) is 10.1 Å². The molecule has 0 heterocycles. The van der Waals surface area contributed by atoms with E-state index in [1.165, 1.54) is 14.2 Å². The summed E-state index contributed by atoms with van der Waals surface area (Å²) in [7, 11) is 2.85. The summed E-state index contributed by atoms with van der Waals surface area (Å²) in [6.07, 6.45) is -0.717. The Morgan fingerprint density at radius 3 is 2.73 bits per heavy atom. The Labute approximate surface area is 64.7 Å². The standard InChI is InChI=1S/C6H11NO4/c1-7-6(9)5(10-2)3-11-4-8/h4-5H,3H2,1-2H3,(H,7,9). The smallest absolute Gasteiger partial charge is 0.293 e. The van der Waals surface area contributed by atoms with Crippen LogP contribution in [-0.2, 0) is 19.1 Å². The van der Waals surface area contributed by atoms with Crippen molar-refractivity contribution in [2.45, 2.75) is 6.10 Å². The van der Waals surface area contributed by atoms with E-state index in [0.29, 0.717) is 0 Å². The maximum absolute atomic E-state index is 10.8. The van der Waals surface area contributed by atoms with Crippen molar-refractivity contribution in [2.75, 3.05) is 20.8 Å². The first-order valence-electron chi connectivity index (χ1n) is 3.06. The molecule has 0 saturated carbocycles. The Morgan fingerprint density at radius 1 is 1.73 bits per heavy atom. The van der Waals surface area contributed by atoms with Crippen LogP contribution < -0.4 is 5.32 Å². The summed E-state index contributed by atoms with van der Waals surface area (Å²) in [5, 5.41) is 2.37. The molecule has 0 aliphatic rings. The predicted molar refractivity (Wildman–Crippen MR) is 36.9 cm³/mol. The maximum Gasteiger partial charge on any atom is 0.293 e. The van der Waals surface area contributed by atoms with Crippen molar-refractivity contribution in [3.63, 3.8) is 0 Å². The van der Waals surface area contributed by atoms with Crippen LogP contribution in [0, 0.1) is 0 Å². The van der Waals surface area contributed by atoms with Crippen LogP contribution in [0.2, 0.25) is 0 Å². The molecule has 0 spiro atoms. The van der Waals surface area contributed by atoms with Crippen molar-refractivity contribution in [3.8, 4) is 0 Å². The summed E-state index contributed by atoms with van der Waals surface area (Å²) < 4.78 is 9.05. The summed E-state index contributed by atoms with van der Waals surface area (Å²) in [6.45, 7) is 0.217. The molecule has 0 aromatic rings. The lowest BCUT2D eigenvalue weighted by Crippen LogP contribution is -2.36. The molecule has 1 amide bonds. The van der Waals surface area contributed by atoms with Crippen molar-refractivity contribution >= 4 is 12.4 Å². The number of ether oxygens (including phenoxy) is 2. The van der Waals surface area contributed by atoms with Gasteiger partial charge in [-0.25, -0.2) is 0 Å². The molecule has 0 saturated heterocycles. The number of methoxy groups -OCH3 is 1. The van der Waals surface area contributed by atoms with Gasteiger partial charge < -0.3 is 14.8 Å². The molecular weight excluding hydrogens is 150 g/mol. The molecule has 5 nitrogen and oxygen atoms in total. The van der Waals surface area contributed by atoms with Gasteiger partial charge in [0.15, 0.2) is 6.10 Å². The Morgan fingerprint density at radius 2 is 2.36 bits per heavy atom. The van der Waals surface area contributed by atoms with E-state index in [4.69, 9.17) is 4.74 Å². The predicted octanol–water partition coefficient (Wildman–Crippen LogP) is -1.08. The van der Waals surface area contributed by atoms with Crippen molar-refractivity contribution in [2.24, 2.45) is 0 Å². The highest BCUT2D eigenvalue weighted by Crippen LogP contribution is 1.89. The molecule has 1 unspecified atom stereocenters. The molecule has 64 valence electrons. The van der Waals surface area contributed by atoms with Crippen LogP contribution in [0.5, 0.6) is 0 Å². The van der Waals surface area contributed by atoms with E-state index in [9.17, 15) is 9.59 Å². The van der Waals surface area contributed by atoms with Crippen molar-refractivity contribution in [1.29, 1.82) is 0 Å². The largest absolute Gasteiger partial charge is 0.465 e. The zero-order valence-corrected chi connectivity index (χ0v) is 6.49. The molecule has 0 aliphatic carbocycles. The van der Waals surface area contributed by atoms with Gasteiger partial charge in [0.25, 0.3) is 12.4 Å². The van der Waals surface area contributed by atoms with Crippen LogP contribution in [0.4, 0.5) is 0 Å².